The number of hydrazone groups is 1. The highest BCUT2D eigenvalue weighted by molar-refractivity contribution is 6.19. The van der Waals surface area contributed by atoms with Crippen LogP contribution >= 0.6 is 0 Å². The van der Waals surface area contributed by atoms with Gasteiger partial charge in [0.05, 0.1) is 43.8 Å². The molecule has 0 spiro atoms. The van der Waals surface area contributed by atoms with E-state index in [-0.39, 0.29) is 18.6 Å². The van der Waals surface area contributed by atoms with Crippen molar-refractivity contribution in [2.75, 3.05) is 47.5 Å². The van der Waals surface area contributed by atoms with Gasteiger partial charge in [0.25, 0.3) is 0 Å². The van der Waals surface area contributed by atoms with E-state index in [4.69, 9.17) is 14.6 Å². The van der Waals surface area contributed by atoms with Crippen molar-refractivity contribution < 1.29 is 14.6 Å². The summed E-state index contributed by atoms with van der Waals surface area (Å²) in [6.45, 7) is 20.2. The molecule has 0 radical (unpaired) electrons. The zero-order valence-corrected chi connectivity index (χ0v) is 23.7. The van der Waals surface area contributed by atoms with Crippen molar-refractivity contribution in [2.45, 2.75) is 46.5 Å². The van der Waals surface area contributed by atoms with Gasteiger partial charge in [-0.05, 0) is 54.2 Å². The molecule has 8 nitrogen and oxygen atoms in total. The lowest BCUT2D eigenvalue weighted by Crippen LogP contribution is -2.23. The number of nitrogens with one attached hydrogen (secondary N) is 1. The maximum Gasteiger partial charge on any atom is 0.164 e. The molecule has 0 amide bonds. The molecule has 37 heavy (non-hydrogen) atoms. The molecule has 8 heteroatoms. The Hall–Kier alpha value is -3.39. The fourth-order valence-corrected chi connectivity index (χ4v) is 4.01. The summed E-state index contributed by atoms with van der Waals surface area (Å²) in [5.41, 5.74) is 6.12. The molecule has 2 N–H and O–H groups in total. The summed E-state index contributed by atoms with van der Waals surface area (Å²) in [5, 5.41) is 19.3. The summed E-state index contributed by atoms with van der Waals surface area (Å²) >= 11 is 0. The Morgan fingerprint density at radius 1 is 1.27 bits per heavy atom. The van der Waals surface area contributed by atoms with Gasteiger partial charge in [0.15, 0.2) is 11.5 Å². The normalized spacial score (nSPS) is 15.6. The Kier molecular flexibility index (Phi) is 10.7. The highest BCUT2D eigenvalue weighted by atomic mass is 16.5. The van der Waals surface area contributed by atoms with Gasteiger partial charge in [0.1, 0.15) is 12.4 Å². The van der Waals surface area contributed by atoms with E-state index in [0.717, 1.165) is 51.8 Å². The Bertz CT molecular complexity index is 1120. The Labute approximate surface area is 222 Å². The number of methoxy groups -OCH3 is 1. The summed E-state index contributed by atoms with van der Waals surface area (Å²) < 4.78 is 11.5. The molecule has 202 valence electrons. The average molecular weight is 510 g/mol. The van der Waals surface area contributed by atoms with Crippen LogP contribution in [0, 0.1) is 0 Å². The van der Waals surface area contributed by atoms with Crippen molar-refractivity contribution in [1.29, 1.82) is 0 Å². The summed E-state index contributed by atoms with van der Waals surface area (Å²) in [4.78, 5) is 8.84. The zero-order valence-electron chi connectivity index (χ0n) is 23.7. The molecule has 1 aromatic rings. The molecule has 1 aliphatic heterocycles. The molecule has 1 heterocycles. The van der Waals surface area contributed by atoms with Crippen LogP contribution in [0.15, 0.2) is 57.7 Å². The molecule has 0 bridgehead atoms. The van der Waals surface area contributed by atoms with E-state index in [2.05, 4.69) is 55.3 Å². The SMILES string of the molecule is C=C(NCC)C(/C=C(/C)C1=NN(CC(=C)c2cc(OCCO)c(OC)c(C(C)(C)C)c2)C(=NC)C1)=NC. The average Bonchev–Trinajstić information content (AvgIpc) is 3.27. The third kappa shape index (κ3) is 7.55. The number of aliphatic imine (C=N–C) groups is 2. The quantitative estimate of drug-likeness (QED) is 0.402. The molecule has 0 saturated carbocycles. The van der Waals surface area contributed by atoms with Crippen LogP contribution in [0.5, 0.6) is 11.5 Å². The summed E-state index contributed by atoms with van der Waals surface area (Å²) in [6, 6.07) is 4.01. The second-order valence-electron chi connectivity index (χ2n) is 9.85. The van der Waals surface area contributed by atoms with Gasteiger partial charge in [-0.3, -0.25) is 9.98 Å². The fraction of sp³-hybridized carbons (Fsp3) is 0.483. The molecular formula is C29H43N5O3. The molecular weight excluding hydrogens is 466 g/mol. The second kappa shape index (κ2) is 13.2. The molecule has 0 unspecified atom stereocenters. The van der Waals surface area contributed by atoms with E-state index < -0.39 is 0 Å². The first kappa shape index (κ1) is 29.8. The number of amidine groups is 1. The monoisotopic (exact) mass is 509 g/mol. The molecule has 0 saturated heterocycles. The minimum atomic E-state index is -0.189. The van der Waals surface area contributed by atoms with Crippen molar-refractivity contribution in [3.63, 3.8) is 0 Å². The van der Waals surface area contributed by atoms with Crippen LogP contribution in [0.4, 0.5) is 0 Å². The predicted molar refractivity (Wildman–Crippen MR) is 155 cm³/mol. The molecule has 0 fully saturated rings. The van der Waals surface area contributed by atoms with Crippen LogP contribution in [-0.4, -0.2) is 74.9 Å². The number of nitrogens with zero attached hydrogens (tertiary/aromatic N) is 4. The van der Waals surface area contributed by atoms with E-state index in [1.807, 2.05) is 31.0 Å². The smallest absolute Gasteiger partial charge is 0.164 e. The summed E-state index contributed by atoms with van der Waals surface area (Å²) in [6.07, 6.45) is 2.62. The Morgan fingerprint density at radius 3 is 2.51 bits per heavy atom. The van der Waals surface area contributed by atoms with E-state index in [0.29, 0.717) is 24.5 Å². The van der Waals surface area contributed by atoms with Gasteiger partial charge >= 0.3 is 0 Å². The standard InChI is InChI=1S/C29H43N5O3/c1-11-32-21(4)25(30-8)14-19(2)24-17-27(31-9)34(33-24)18-20(3)22-15-23(29(5,6)7)28(36-10)26(16-22)37-13-12-35/h14-16,32,35H,3-4,11-13,17-18H2,1-2,5-10H3/b19-14-,30-25?,31-27?. The van der Waals surface area contributed by atoms with Gasteiger partial charge in [-0.2, -0.15) is 5.10 Å². The van der Waals surface area contributed by atoms with Gasteiger partial charge in [0, 0.05) is 26.2 Å². The predicted octanol–water partition coefficient (Wildman–Crippen LogP) is 4.61. The van der Waals surface area contributed by atoms with Crippen LogP contribution in [0.25, 0.3) is 5.57 Å². The highest BCUT2D eigenvalue weighted by Crippen LogP contribution is 2.41. The Morgan fingerprint density at radius 2 is 1.97 bits per heavy atom. The molecule has 1 aliphatic rings. The maximum atomic E-state index is 9.30. The molecule has 0 aromatic heterocycles. The Balaban J connectivity index is 2.39. The summed E-state index contributed by atoms with van der Waals surface area (Å²) in [5.74, 6) is 2.12. The number of benzene rings is 1. The van der Waals surface area contributed by atoms with Crippen molar-refractivity contribution >= 4 is 22.8 Å². The molecule has 0 aliphatic carbocycles. The molecule has 2 rings (SSSR count). The van der Waals surface area contributed by atoms with E-state index >= 15 is 0 Å². The first-order valence-corrected chi connectivity index (χ1v) is 12.5. The van der Waals surface area contributed by atoms with Gasteiger partial charge in [-0.25, -0.2) is 5.01 Å². The highest BCUT2D eigenvalue weighted by Gasteiger charge is 2.26. The number of hydrogen-bond donors (Lipinski definition) is 2. The molecule has 0 atom stereocenters. The van der Waals surface area contributed by atoms with E-state index in [1.165, 1.54) is 0 Å². The number of aliphatic hydroxyl groups excluding tert-OH is 1. The number of rotatable bonds is 12. The van der Waals surface area contributed by atoms with Crippen LogP contribution < -0.4 is 14.8 Å². The number of hydrogen-bond acceptors (Lipinski definition) is 7. The maximum absolute atomic E-state index is 9.30. The van der Waals surface area contributed by atoms with Crippen LogP contribution in [0.3, 0.4) is 0 Å². The lowest BCUT2D eigenvalue weighted by molar-refractivity contribution is 0.196. The van der Waals surface area contributed by atoms with Crippen molar-refractivity contribution in [3.05, 3.63) is 53.8 Å². The first-order valence-electron chi connectivity index (χ1n) is 12.5. The van der Waals surface area contributed by atoms with Crippen molar-refractivity contribution in [2.24, 2.45) is 15.1 Å². The van der Waals surface area contributed by atoms with Gasteiger partial charge in [-0.15, -0.1) is 0 Å². The number of aliphatic hydroxyl groups is 1. The minimum Gasteiger partial charge on any atom is -0.493 e. The lowest BCUT2D eigenvalue weighted by atomic mass is 9.84. The van der Waals surface area contributed by atoms with Gasteiger partial charge < -0.3 is 19.9 Å². The fourth-order valence-electron chi connectivity index (χ4n) is 4.01. The number of allylic oxidation sites excluding steroid dienone is 2. The van der Waals surface area contributed by atoms with E-state index in [9.17, 15) is 5.11 Å². The molecule has 1 aromatic carbocycles. The third-order valence-corrected chi connectivity index (χ3v) is 6.04. The summed E-state index contributed by atoms with van der Waals surface area (Å²) in [7, 11) is 5.17. The van der Waals surface area contributed by atoms with Crippen LogP contribution in [0.1, 0.15) is 52.2 Å². The van der Waals surface area contributed by atoms with Crippen molar-refractivity contribution in [1.82, 2.24) is 10.3 Å². The third-order valence-electron chi connectivity index (χ3n) is 6.04. The van der Waals surface area contributed by atoms with E-state index in [1.54, 1.807) is 21.2 Å². The topological polar surface area (TPSA) is 91.0 Å². The largest absolute Gasteiger partial charge is 0.493 e. The van der Waals surface area contributed by atoms with Crippen LogP contribution in [0.2, 0.25) is 0 Å². The number of ether oxygens (including phenoxy) is 2. The lowest BCUT2D eigenvalue weighted by Gasteiger charge is -2.26. The zero-order chi connectivity index (χ0) is 27.8. The second-order valence-corrected chi connectivity index (χ2v) is 9.85. The van der Waals surface area contributed by atoms with Crippen molar-refractivity contribution in [3.8, 4) is 11.5 Å². The first-order chi connectivity index (χ1) is 17.5. The van der Waals surface area contributed by atoms with Gasteiger partial charge in [0.2, 0.25) is 0 Å². The van der Waals surface area contributed by atoms with Crippen LogP contribution in [-0.2, 0) is 5.41 Å². The minimum absolute atomic E-state index is 0.0834. The van der Waals surface area contributed by atoms with Gasteiger partial charge in [-0.1, -0.05) is 33.9 Å².